The molecule has 0 fully saturated rings. The Kier molecular flexibility index (Phi) is 5.78. The lowest BCUT2D eigenvalue weighted by atomic mass is 10.0. The number of halogens is 4. The molecule has 2 aromatic rings. The van der Waals surface area contributed by atoms with Crippen LogP contribution < -0.4 is 10.1 Å². The number of nitriles is 1. The molecule has 2 aromatic carbocycles. The number of hydrogen-bond donors (Lipinski definition) is 1. The summed E-state index contributed by atoms with van der Waals surface area (Å²) < 4.78 is 43.2. The molecule has 4 nitrogen and oxygen atoms in total. The zero-order valence-corrected chi connectivity index (χ0v) is 14.4. The van der Waals surface area contributed by atoms with E-state index >= 15 is 0 Å². The van der Waals surface area contributed by atoms with Gasteiger partial charge >= 0.3 is 6.18 Å². The first-order chi connectivity index (χ1) is 12.1. The summed E-state index contributed by atoms with van der Waals surface area (Å²) >= 11 is 5.96. The molecule has 0 radical (unpaired) electrons. The van der Waals surface area contributed by atoms with E-state index in [2.05, 4.69) is 5.32 Å². The maximum Gasteiger partial charge on any atom is 0.416 e. The summed E-state index contributed by atoms with van der Waals surface area (Å²) in [6.07, 6.45) is -4.49. The third-order valence-electron chi connectivity index (χ3n) is 3.46. The SMILES string of the molecule is C[C@](C#N)(COc1ccccc1Cl)NC(=O)c1ccc(C(F)(F)F)cc1. The Hall–Kier alpha value is -2.72. The number of carbonyl (C=O) groups excluding carboxylic acids is 1. The van der Waals surface area contributed by atoms with E-state index in [0.29, 0.717) is 10.8 Å². The molecule has 1 atom stereocenters. The second-order valence-corrected chi connectivity index (χ2v) is 6.10. The highest BCUT2D eigenvalue weighted by Crippen LogP contribution is 2.29. The Morgan fingerprint density at radius 1 is 1.19 bits per heavy atom. The molecule has 0 aromatic heterocycles. The number of rotatable bonds is 5. The molecule has 136 valence electrons. The molecular formula is C18H14ClF3N2O2. The van der Waals surface area contributed by atoms with E-state index in [9.17, 15) is 23.2 Å². The molecule has 0 unspecified atom stereocenters. The minimum Gasteiger partial charge on any atom is -0.488 e. The molecular weight excluding hydrogens is 369 g/mol. The van der Waals surface area contributed by atoms with E-state index in [1.54, 1.807) is 24.3 Å². The second kappa shape index (κ2) is 7.67. The van der Waals surface area contributed by atoms with Gasteiger partial charge in [0.2, 0.25) is 0 Å². The first-order valence-corrected chi connectivity index (χ1v) is 7.81. The first-order valence-electron chi connectivity index (χ1n) is 7.43. The average molecular weight is 383 g/mol. The number of benzene rings is 2. The lowest BCUT2D eigenvalue weighted by molar-refractivity contribution is -0.137. The van der Waals surface area contributed by atoms with Crippen molar-refractivity contribution in [2.45, 2.75) is 18.6 Å². The summed E-state index contributed by atoms with van der Waals surface area (Å²) in [4.78, 5) is 12.2. The number of ether oxygens (including phenoxy) is 1. The van der Waals surface area contributed by atoms with Crippen LogP contribution in [0.15, 0.2) is 48.5 Å². The van der Waals surface area contributed by atoms with Gasteiger partial charge in [-0.2, -0.15) is 18.4 Å². The number of carbonyl (C=O) groups is 1. The zero-order valence-electron chi connectivity index (χ0n) is 13.6. The largest absolute Gasteiger partial charge is 0.488 e. The van der Waals surface area contributed by atoms with Crippen molar-refractivity contribution in [1.29, 1.82) is 5.26 Å². The van der Waals surface area contributed by atoms with Crippen molar-refractivity contribution in [3.63, 3.8) is 0 Å². The third kappa shape index (κ3) is 4.90. The molecule has 0 aliphatic rings. The van der Waals surface area contributed by atoms with Gasteiger partial charge < -0.3 is 10.1 Å². The van der Waals surface area contributed by atoms with Gasteiger partial charge in [-0.25, -0.2) is 0 Å². The molecule has 0 bridgehead atoms. The van der Waals surface area contributed by atoms with Crippen molar-refractivity contribution in [3.8, 4) is 11.8 Å². The van der Waals surface area contributed by atoms with Gasteiger partial charge in [0.25, 0.3) is 5.91 Å². The van der Waals surface area contributed by atoms with Crippen molar-refractivity contribution in [1.82, 2.24) is 5.32 Å². The Morgan fingerprint density at radius 2 is 1.81 bits per heavy atom. The number of alkyl halides is 3. The molecule has 1 amide bonds. The topological polar surface area (TPSA) is 62.1 Å². The van der Waals surface area contributed by atoms with Crippen LogP contribution in [0, 0.1) is 11.3 Å². The van der Waals surface area contributed by atoms with E-state index < -0.39 is 23.2 Å². The fraction of sp³-hybridized carbons (Fsp3) is 0.222. The van der Waals surface area contributed by atoms with Crippen LogP contribution in [-0.2, 0) is 6.18 Å². The predicted octanol–water partition coefficient (Wildman–Crippen LogP) is 4.45. The lowest BCUT2D eigenvalue weighted by Gasteiger charge is -2.24. The molecule has 2 rings (SSSR count). The fourth-order valence-corrected chi connectivity index (χ4v) is 2.20. The van der Waals surface area contributed by atoms with Gasteiger partial charge in [0, 0.05) is 5.56 Å². The van der Waals surface area contributed by atoms with E-state index in [1.807, 2.05) is 6.07 Å². The van der Waals surface area contributed by atoms with Gasteiger partial charge in [0.15, 0.2) is 5.54 Å². The number of nitrogens with one attached hydrogen (secondary N) is 1. The number of para-hydroxylation sites is 1. The Labute approximate surface area is 153 Å². The first kappa shape index (κ1) is 19.6. The summed E-state index contributed by atoms with van der Waals surface area (Å²) in [6.45, 7) is 1.24. The summed E-state index contributed by atoms with van der Waals surface area (Å²) in [5.74, 6) is -0.343. The highest BCUT2D eigenvalue weighted by atomic mass is 35.5. The maximum atomic E-state index is 12.6. The van der Waals surface area contributed by atoms with Crippen LogP contribution in [0.25, 0.3) is 0 Å². The number of nitrogens with zero attached hydrogens (tertiary/aromatic N) is 1. The smallest absolute Gasteiger partial charge is 0.416 e. The van der Waals surface area contributed by atoms with E-state index in [0.717, 1.165) is 24.3 Å². The molecule has 0 spiro atoms. The summed E-state index contributed by atoms with van der Waals surface area (Å²) in [6, 6.07) is 12.3. The number of hydrogen-bond acceptors (Lipinski definition) is 3. The van der Waals surface area contributed by atoms with Gasteiger partial charge in [-0.1, -0.05) is 23.7 Å². The minimum absolute atomic E-state index is 0.00258. The van der Waals surface area contributed by atoms with Crippen LogP contribution in [-0.4, -0.2) is 18.1 Å². The van der Waals surface area contributed by atoms with Crippen LogP contribution >= 0.6 is 11.6 Å². The second-order valence-electron chi connectivity index (χ2n) is 5.69. The quantitative estimate of drug-likeness (QED) is 0.831. The van der Waals surface area contributed by atoms with Gasteiger partial charge in [-0.3, -0.25) is 4.79 Å². The predicted molar refractivity (Wildman–Crippen MR) is 89.9 cm³/mol. The molecule has 26 heavy (non-hydrogen) atoms. The normalized spacial score (nSPS) is 13.4. The molecule has 0 aliphatic carbocycles. The standard InChI is InChI=1S/C18H14ClF3N2O2/c1-17(10-23,11-26-15-5-3-2-4-14(15)19)24-16(25)12-6-8-13(9-7-12)18(20,21)22/h2-9H,11H2,1H3,(H,24,25)/t17-/m0/s1. The molecule has 1 N–H and O–H groups in total. The van der Waals surface area contributed by atoms with Crippen LogP contribution in [0.3, 0.4) is 0 Å². The minimum atomic E-state index is -4.49. The average Bonchev–Trinajstić information content (AvgIpc) is 2.60. The Bertz CT molecular complexity index is 832. The summed E-state index contributed by atoms with van der Waals surface area (Å²) in [7, 11) is 0. The molecule has 0 heterocycles. The number of amides is 1. The molecule has 0 saturated carbocycles. The van der Waals surface area contributed by atoms with Crippen molar-refractivity contribution < 1.29 is 22.7 Å². The zero-order chi connectivity index (χ0) is 19.4. The highest BCUT2D eigenvalue weighted by molar-refractivity contribution is 6.32. The van der Waals surface area contributed by atoms with Crippen LogP contribution in [0.4, 0.5) is 13.2 Å². The fourth-order valence-electron chi connectivity index (χ4n) is 2.01. The highest BCUT2D eigenvalue weighted by Gasteiger charge is 2.31. The lowest BCUT2D eigenvalue weighted by Crippen LogP contribution is -2.49. The van der Waals surface area contributed by atoms with Crippen LogP contribution in [0.1, 0.15) is 22.8 Å². The van der Waals surface area contributed by atoms with Crippen molar-refractivity contribution in [2.75, 3.05) is 6.61 Å². The molecule has 8 heteroatoms. The van der Waals surface area contributed by atoms with Gasteiger partial charge in [0.05, 0.1) is 16.7 Å². The van der Waals surface area contributed by atoms with Crippen LogP contribution in [0.5, 0.6) is 5.75 Å². The Balaban J connectivity index is 2.07. The summed E-state index contributed by atoms with van der Waals surface area (Å²) in [5, 5.41) is 12.2. The monoisotopic (exact) mass is 382 g/mol. The van der Waals surface area contributed by atoms with Crippen LogP contribution in [0.2, 0.25) is 5.02 Å². The van der Waals surface area contributed by atoms with E-state index in [1.165, 1.54) is 6.92 Å². The van der Waals surface area contributed by atoms with Gasteiger partial charge in [-0.05, 0) is 43.3 Å². The van der Waals surface area contributed by atoms with E-state index in [4.69, 9.17) is 16.3 Å². The van der Waals surface area contributed by atoms with E-state index in [-0.39, 0.29) is 12.2 Å². The van der Waals surface area contributed by atoms with Gasteiger partial charge in [-0.15, -0.1) is 0 Å². The van der Waals surface area contributed by atoms with Gasteiger partial charge in [0.1, 0.15) is 12.4 Å². The molecule has 0 saturated heterocycles. The third-order valence-corrected chi connectivity index (χ3v) is 3.78. The summed E-state index contributed by atoms with van der Waals surface area (Å²) in [5.41, 5.74) is -2.27. The Morgan fingerprint density at radius 3 is 2.35 bits per heavy atom. The van der Waals surface area contributed by atoms with Crippen molar-refractivity contribution >= 4 is 17.5 Å². The molecule has 0 aliphatic heterocycles. The van der Waals surface area contributed by atoms with Crippen molar-refractivity contribution in [2.24, 2.45) is 0 Å². The van der Waals surface area contributed by atoms with Crippen molar-refractivity contribution in [3.05, 3.63) is 64.7 Å². The maximum absolute atomic E-state index is 12.6.